The third-order valence-electron chi connectivity index (χ3n) is 5.84. The minimum absolute atomic E-state index is 0.0549. The van der Waals surface area contributed by atoms with Crippen molar-refractivity contribution in [1.82, 2.24) is 14.8 Å². The Labute approximate surface area is 204 Å². The molecule has 178 valence electrons. The maximum absolute atomic E-state index is 14.9. The summed E-state index contributed by atoms with van der Waals surface area (Å²) >= 11 is 0. The van der Waals surface area contributed by atoms with Gasteiger partial charge in [0.05, 0.1) is 29.9 Å². The number of halogens is 2. The molecule has 0 saturated heterocycles. The number of aromatic nitrogens is 3. The number of nitrogens with zero attached hydrogens (tertiary/aromatic N) is 5. The summed E-state index contributed by atoms with van der Waals surface area (Å²) in [6.07, 6.45) is 2.36. The fraction of sp³-hybridized carbons (Fsp3) is 0.115. The number of benzene rings is 2. The van der Waals surface area contributed by atoms with Gasteiger partial charge in [0.15, 0.2) is 0 Å². The van der Waals surface area contributed by atoms with E-state index in [1.165, 1.54) is 58.2 Å². The lowest BCUT2D eigenvalue weighted by Gasteiger charge is -2.27. The van der Waals surface area contributed by atoms with Gasteiger partial charge in [0, 0.05) is 29.6 Å². The van der Waals surface area contributed by atoms with Crippen LogP contribution in [0.15, 0.2) is 79.1 Å². The number of pyridine rings is 1. The van der Waals surface area contributed by atoms with Crippen molar-refractivity contribution in [2.24, 2.45) is 0 Å². The molecule has 2 amide bonds. The van der Waals surface area contributed by atoms with Gasteiger partial charge in [-0.2, -0.15) is 19.1 Å². The Morgan fingerprint density at radius 1 is 1.00 bits per heavy atom. The van der Waals surface area contributed by atoms with E-state index in [4.69, 9.17) is 5.26 Å². The molecule has 0 atom stereocenters. The predicted molar refractivity (Wildman–Crippen MR) is 127 cm³/mol. The Kier molecular flexibility index (Phi) is 5.74. The van der Waals surface area contributed by atoms with Gasteiger partial charge in [0.1, 0.15) is 11.5 Å². The monoisotopic (exact) mass is 484 g/mol. The zero-order valence-electron chi connectivity index (χ0n) is 18.7. The van der Waals surface area contributed by atoms with Crippen LogP contribution in [-0.2, 0) is 12.5 Å². The van der Waals surface area contributed by atoms with Crippen LogP contribution in [0.5, 0.6) is 0 Å². The Morgan fingerprint density at radius 3 is 2.53 bits per heavy atom. The molecule has 5 rings (SSSR count). The molecule has 8 nitrogen and oxygen atoms in total. The number of hydrogen-bond acceptors (Lipinski definition) is 5. The van der Waals surface area contributed by atoms with Gasteiger partial charge in [-0.15, -0.1) is 0 Å². The highest BCUT2D eigenvalue weighted by Crippen LogP contribution is 2.35. The maximum atomic E-state index is 14.9. The molecule has 0 aliphatic carbocycles. The second-order valence-corrected chi connectivity index (χ2v) is 8.08. The molecule has 0 unspecified atom stereocenters. The highest BCUT2D eigenvalue weighted by Gasteiger charge is 2.36. The summed E-state index contributed by atoms with van der Waals surface area (Å²) in [5.41, 5.74) is 0.435. The summed E-state index contributed by atoms with van der Waals surface area (Å²) in [6, 6.07) is 18.4. The third kappa shape index (κ3) is 4.07. The lowest BCUT2D eigenvalue weighted by molar-refractivity contribution is 0.0425. The summed E-state index contributed by atoms with van der Waals surface area (Å²) in [6.45, 7) is 0.502. The molecular weight excluding hydrogens is 466 g/mol. The Balaban J connectivity index is 1.39. The van der Waals surface area contributed by atoms with Crippen molar-refractivity contribution in [2.75, 3.05) is 16.8 Å². The number of hydrogen-bond donors (Lipinski definition) is 1. The molecule has 1 aliphatic heterocycles. The van der Waals surface area contributed by atoms with Crippen LogP contribution in [-0.4, -0.2) is 33.1 Å². The molecule has 1 aliphatic rings. The number of fused-ring (bicyclic) bond motifs is 1. The number of anilines is 2. The number of carbonyl (C=O) groups excluding carboxylic acids is 2. The van der Waals surface area contributed by atoms with Crippen molar-refractivity contribution in [2.45, 2.75) is 12.5 Å². The van der Waals surface area contributed by atoms with E-state index in [1.807, 2.05) is 6.07 Å². The molecular formula is C26H18F2N6O2. The Bertz CT molecular complexity index is 1490. The van der Waals surface area contributed by atoms with E-state index in [0.717, 1.165) is 6.20 Å². The fourth-order valence-electron chi connectivity index (χ4n) is 4.00. The number of carbonyl (C=O) groups is 2. The van der Waals surface area contributed by atoms with Gasteiger partial charge in [0.25, 0.3) is 17.7 Å². The van der Waals surface area contributed by atoms with E-state index in [-0.39, 0.29) is 34.7 Å². The average Bonchev–Trinajstić information content (AvgIpc) is 3.35. The second-order valence-electron chi connectivity index (χ2n) is 8.08. The van der Waals surface area contributed by atoms with Crippen LogP contribution < -0.4 is 10.2 Å². The summed E-state index contributed by atoms with van der Waals surface area (Å²) in [5.74, 6) is -4.14. The maximum Gasteiger partial charge on any atom is 0.299 e. The van der Waals surface area contributed by atoms with Gasteiger partial charge in [-0.1, -0.05) is 36.4 Å². The van der Waals surface area contributed by atoms with E-state index in [0.29, 0.717) is 17.8 Å². The summed E-state index contributed by atoms with van der Waals surface area (Å²) in [5, 5.41) is 15.9. The van der Waals surface area contributed by atoms with E-state index < -0.39 is 17.7 Å². The SMILES string of the molecule is N#Cc1cccc(NC(=O)c2cnn3c2C(=O)N(c2ccc(C(F)(F)c4ccccc4)cn2)CC3)c1. The lowest BCUT2D eigenvalue weighted by atomic mass is 10.0. The minimum atomic E-state index is -3.24. The quantitative estimate of drug-likeness (QED) is 0.457. The van der Waals surface area contributed by atoms with Crippen LogP contribution in [0.3, 0.4) is 0 Å². The van der Waals surface area contributed by atoms with Crippen LogP contribution in [0, 0.1) is 11.3 Å². The third-order valence-corrected chi connectivity index (χ3v) is 5.84. The van der Waals surface area contributed by atoms with Gasteiger partial charge in [0.2, 0.25) is 0 Å². The van der Waals surface area contributed by atoms with Crippen molar-refractivity contribution in [3.8, 4) is 6.07 Å². The lowest BCUT2D eigenvalue weighted by Crippen LogP contribution is -2.42. The minimum Gasteiger partial charge on any atom is -0.322 e. The molecule has 0 saturated carbocycles. The van der Waals surface area contributed by atoms with Crippen LogP contribution in [0.4, 0.5) is 20.3 Å². The zero-order valence-corrected chi connectivity index (χ0v) is 18.7. The van der Waals surface area contributed by atoms with Crippen molar-refractivity contribution in [1.29, 1.82) is 5.26 Å². The molecule has 0 radical (unpaired) electrons. The van der Waals surface area contributed by atoms with E-state index in [9.17, 15) is 18.4 Å². The van der Waals surface area contributed by atoms with E-state index >= 15 is 0 Å². The molecule has 4 aromatic rings. The highest BCUT2D eigenvalue weighted by molar-refractivity contribution is 6.15. The van der Waals surface area contributed by atoms with Crippen molar-refractivity contribution in [3.63, 3.8) is 0 Å². The normalized spacial score (nSPS) is 13.1. The summed E-state index contributed by atoms with van der Waals surface area (Å²) in [7, 11) is 0. The number of rotatable bonds is 5. The first kappa shape index (κ1) is 22.9. The highest BCUT2D eigenvalue weighted by atomic mass is 19.3. The van der Waals surface area contributed by atoms with Gasteiger partial charge in [-0.05, 0) is 30.3 Å². The Hall–Kier alpha value is -4.91. The largest absolute Gasteiger partial charge is 0.322 e. The van der Waals surface area contributed by atoms with E-state index in [2.05, 4.69) is 15.4 Å². The molecule has 0 spiro atoms. The van der Waals surface area contributed by atoms with Gasteiger partial charge in [-0.25, -0.2) is 4.98 Å². The molecule has 2 aromatic carbocycles. The fourth-order valence-corrected chi connectivity index (χ4v) is 4.00. The van der Waals surface area contributed by atoms with Crippen molar-refractivity contribution < 1.29 is 18.4 Å². The van der Waals surface area contributed by atoms with Crippen molar-refractivity contribution >= 4 is 23.3 Å². The number of nitriles is 1. The average molecular weight is 484 g/mol. The molecule has 1 N–H and O–H groups in total. The zero-order chi connectivity index (χ0) is 25.3. The van der Waals surface area contributed by atoms with E-state index in [1.54, 1.807) is 24.3 Å². The standard InChI is InChI=1S/C26H18F2N6O2/c27-26(28,18-6-2-1-3-7-18)19-9-10-22(30-15-19)33-11-12-34-23(25(33)36)21(16-31-34)24(35)32-20-8-4-5-17(13-20)14-29/h1-10,13,15-16H,11-12H2,(H,32,35). The topological polar surface area (TPSA) is 104 Å². The first-order chi connectivity index (χ1) is 17.4. The molecule has 36 heavy (non-hydrogen) atoms. The number of amides is 2. The summed E-state index contributed by atoms with van der Waals surface area (Å²) < 4.78 is 31.2. The molecule has 3 heterocycles. The molecule has 2 aromatic heterocycles. The van der Waals surface area contributed by atoms with Gasteiger partial charge < -0.3 is 5.32 Å². The van der Waals surface area contributed by atoms with Crippen LogP contribution >= 0.6 is 0 Å². The predicted octanol–water partition coefficient (Wildman–Crippen LogP) is 4.20. The first-order valence-electron chi connectivity index (χ1n) is 11.0. The molecule has 10 heteroatoms. The van der Waals surface area contributed by atoms with Gasteiger partial charge >= 0.3 is 0 Å². The second kappa shape index (κ2) is 9.03. The van der Waals surface area contributed by atoms with Gasteiger partial charge in [-0.3, -0.25) is 19.2 Å². The van der Waals surface area contributed by atoms with Crippen LogP contribution in [0.25, 0.3) is 0 Å². The van der Waals surface area contributed by atoms with Crippen molar-refractivity contribution in [3.05, 3.63) is 107 Å². The smallest absolute Gasteiger partial charge is 0.299 e. The molecule has 0 fully saturated rings. The first-order valence-corrected chi connectivity index (χ1v) is 11.0. The van der Waals surface area contributed by atoms with Crippen LogP contribution in [0.1, 0.15) is 37.5 Å². The van der Waals surface area contributed by atoms with Crippen LogP contribution in [0.2, 0.25) is 0 Å². The number of nitrogens with one attached hydrogen (secondary N) is 1. The molecule has 0 bridgehead atoms. The Morgan fingerprint density at radius 2 is 1.81 bits per heavy atom. The number of alkyl halides is 2. The summed E-state index contributed by atoms with van der Waals surface area (Å²) in [4.78, 5) is 31.7.